The third-order valence-corrected chi connectivity index (χ3v) is 5.69. The molecule has 0 spiro atoms. The van der Waals surface area contributed by atoms with E-state index in [1.54, 1.807) is 30.5 Å². The van der Waals surface area contributed by atoms with Crippen LogP contribution in [0.4, 0.5) is 13.2 Å². The van der Waals surface area contributed by atoms with E-state index < -0.39 is 18.3 Å². The van der Waals surface area contributed by atoms with Gasteiger partial charge in [-0.05, 0) is 68.1 Å². The van der Waals surface area contributed by atoms with Crippen molar-refractivity contribution in [2.45, 2.75) is 43.7 Å². The molecule has 6 nitrogen and oxygen atoms in total. The molecule has 0 saturated heterocycles. The summed E-state index contributed by atoms with van der Waals surface area (Å²) in [5.74, 6) is -3.95. The molecule has 1 aliphatic rings. The molecule has 1 fully saturated rings. The Morgan fingerprint density at radius 1 is 1.16 bits per heavy atom. The van der Waals surface area contributed by atoms with Gasteiger partial charge in [0.25, 0.3) is 5.91 Å². The number of carbonyl (C=O) groups is 1. The summed E-state index contributed by atoms with van der Waals surface area (Å²) in [7, 11) is 0. The first-order chi connectivity index (χ1) is 15.4. The number of alkyl halides is 3. The van der Waals surface area contributed by atoms with Gasteiger partial charge in [0, 0.05) is 35.6 Å². The van der Waals surface area contributed by atoms with Crippen LogP contribution in [0.3, 0.4) is 0 Å². The highest BCUT2D eigenvalue weighted by atomic mass is 19.3. The molecule has 2 aromatic heterocycles. The predicted molar refractivity (Wildman–Crippen MR) is 114 cm³/mol. The van der Waals surface area contributed by atoms with Gasteiger partial charge in [0.15, 0.2) is 6.67 Å². The average molecular weight is 443 g/mol. The summed E-state index contributed by atoms with van der Waals surface area (Å²) < 4.78 is 42.8. The van der Waals surface area contributed by atoms with Gasteiger partial charge in [0.2, 0.25) is 0 Å². The van der Waals surface area contributed by atoms with Crippen LogP contribution < -0.4 is 11.1 Å². The molecule has 9 heteroatoms. The van der Waals surface area contributed by atoms with E-state index in [0.717, 1.165) is 36.4 Å². The maximum absolute atomic E-state index is 14.3. The number of benzene rings is 1. The van der Waals surface area contributed by atoms with E-state index >= 15 is 0 Å². The lowest BCUT2D eigenvalue weighted by Gasteiger charge is -2.26. The second kappa shape index (κ2) is 9.12. The van der Waals surface area contributed by atoms with Crippen molar-refractivity contribution in [2.24, 2.45) is 5.73 Å². The van der Waals surface area contributed by atoms with E-state index in [-0.39, 0.29) is 23.7 Å². The molecule has 1 saturated carbocycles. The Bertz CT molecular complexity index is 1060. The minimum absolute atomic E-state index is 0.0741. The van der Waals surface area contributed by atoms with Crippen molar-refractivity contribution in [2.75, 3.05) is 6.67 Å². The zero-order valence-electron chi connectivity index (χ0n) is 17.3. The first-order valence-electron chi connectivity index (χ1n) is 10.5. The lowest BCUT2D eigenvalue weighted by Crippen LogP contribution is -2.40. The standard InChI is InChI=1S/C23H24F3N5O/c24-14-23(25,26)21-12-20(16-2-1-11-28-13-16)30-31(21)19-9-3-15(4-10-19)22(32)29-18-7-5-17(27)6-8-18/h1-4,9-13,17-18H,5-8,14,27H2,(H,29,32). The minimum atomic E-state index is -3.72. The van der Waals surface area contributed by atoms with Crippen molar-refractivity contribution in [3.8, 4) is 16.9 Å². The summed E-state index contributed by atoms with van der Waals surface area (Å²) in [6.07, 6.45) is 6.45. The van der Waals surface area contributed by atoms with E-state index in [0.29, 0.717) is 16.8 Å². The third kappa shape index (κ3) is 4.67. The van der Waals surface area contributed by atoms with Crippen molar-refractivity contribution in [3.05, 3.63) is 66.1 Å². The number of hydrogen-bond acceptors (Lipinski definition) is 4. The van der Waals surface area contributed by atoms with Crippen LogP contribution in [0.2, 0.25) is 0 Å². The molecule has 3 N–H and O–H groups in total. The smallest absolute Gasteiger partial charge is 0.317 e. The molecule has 0 atom stereocenters. The largest absolute Gasteiger partial charge is 0.349 e. The van der Waals surface area contributed by atoms with Crippen LogP contribution in [0, 0.1) is 0 Å². The number of amides is 1. The van der Waals surface area contributed by atoms with Crippen molar-refractivity contribution >= 4 is 5.91 Å². The monoisotopic (exact) mass is 443 g/mol. The van der Waals surface area contributed by atoms with Crippen molar-refractivity contribution in [3.63, 3.8) is 0 Å². The number of nitrogens with zero attached hydrogens (tertiary/aromatic N) is 3. The number of halogens is 3. The Kier molecular flexibility index (Phi) is 6.27. The zero-order chi connectivity index (χ0) is 22.7. The lowest BCUT2D eigenvalue weighted by molar-refractivity contribution is -0.0342. The normalized spacial score (nSPS) is 19.0. The first kappa shape index (κ1) is 22.0. The molecule has 3 aromatic rings. The predicted octanol–water partition coefficient (Wildman–Crippen LogP) is 4.00. The maximum Gasteiger partial charge on any atom is 0.317 e. The van der Waals surface area contributed by atoms with E-state index in [2.05, 4.69) is 15.4 Å². The third-order valence-electron chi connectivity index (χ3n) is 5.69. The fraction of sp³-hybridized carbons (Fsp3) is 0.348. The molecule has 1 amide bonds. The van der Waals surface area contributed by atoms with Crippen LogP contribution in [0.15, 0.2) is 54.9 Å². The van der Waals surface area contributed by atoms with Gasteiger partial charge in [0.05, 0.1) is 11.4 Å². The summed E-state index contributed by atoms with van der Waals surface area (Å²) in [5.41, 5.74) is 6.81. The van der Waals surface area contributed by atoms with E-state index in [1.807, 2.05) is 0 Å². The Balaban J connectivity index is 1.59. The second-order valence-corrected chi connectivity index (χ2v) is 8.04. The summed E-state index contributed by atoms with van der Waals surface area (Å²) >= 11 is 0. The SMILES string of the molecule is NC1CCC(NC(=O)c2ccc(-n3nc(-c4cccnc4)cc3C(F)(F)CF)cc2)CC1. The molecule has 1 aliphatic carbocycles. The second-order valence-electron chi connectivity index (χ2n) is 8.04. The summed E-state index contributed by atoms with van der Waals surface area (Å²) in [6, 6.07) is 10.9. The van der Waals surface area contributed by atoms with Crippen molar-refractivity contribution < 1.29 is 18.0 Å². The van der Waals surface area contributed by atoms with Gasteiger partial charge >= 0.3 is 5.92 Å². The zero-order valence-corrected chi connectivity index (χ0v) is 17.3. The topological polar surface area (TPSA) is 85.8 Å². The van der Waals surface area contributed by atoms with E-state index in [4.69, 9.17) is 5.73 Å². The summed E-state index contributed by atoms with van der Waals surface area (Å²) in [4.78, 5) is 16.5. The highest BCUT2D eigenvalue weighted by Gasteiger charge is 2.37. The lowest BCUT2D eigenvalue weighted by atomic mass is 9.91. The van der Waals surface area contributed by atoms with E-state index in [1.165, 1.54) is 18.3 Å². The highest BCUT2D eigenvalue weighted by Crippen LogP contribution is 2.33. The molecule has 2 heterocycles. The minimum Gasteiger partial charge on any atom is -0.349 e. The van der Waals surface area contributed by atoms with Crippen molar-refractivity contribution in [1.82, 2.24) is 20.1 Å². The number of nitrogens with two attached hydrogens (primary N) is 1. The Hall–Kier alpha value is -3.20. The average Bonchev–Trinajstić information content (AvgIpc) is 3.28. The van der Waals surface area contributed by atoms with E-state index in [9.17, 15) is 18.0 Å². The molecule has 0 unspecified atom stereocenters. The Morgan fingerprint density at radius 2 is 1.88 bits per heavy atom. The summed E-state index contributed by atoms with van der Waals surface area (Å²) in [6.45, 7) is -1.85. The quantitative estimate of drug-likeness (QED) is 0.603. The summed E-state index contributed by atoms with van der Waals surface area (Å²) in [5, 5.41) is 7.25. The fourth-order valence-corrected chi connectivity index (χ4v) is 3.85. The van der Waals surface area contributed by atoms with Crippen LogP contribution >= 0.6 is 0 Å². The van der Waals surface area contributed by atoms with Crippen LogP contribution in [-0.2, 0) is 5.92 Å². The van der Waals surface area contributed by atoms with Gasteiger partial charge in [-0.1, -0.05) is 0 Å². The van der Waals surface area contributed by atoms with Crippen molar-refractivity contribution in [1.29, 1.82) is 0 Å². The van der Waals surface area contributed by atoms with Crippen LogP contribution in [0.1, 0.15) is 41.7 Å². The number of rotatable bonds is 6. The molecule has 1 aromatic carbocycles. The fourth-order valence-electron chi connectivity index (χ4n) is 3.85. The van der Waals surface area contributed by atoms with Crippen LogP contribution in [-0.4, -0.2) is 39.4 Å². The Labute approximate surface area is 183 Å². The molecule has 168 valence electrons. The number of aromatic nitrogens is 3. The molecule has 0 bridgehead atoms. The van der Waals surface area contributed by atoms with Crippen LogP contribution in [0.25, 0.3) is 16.9 Å². The van der Waals surface area contributed by atoms with Gasteiger partial charge in [-0.15, -0.1) is 0 Å². The molecular formula is C23H24F3N5O. The Morgan fingerprint density at radius 3 is 2.50 bits per heavy atom. The number of pyridine rings is 1. The molecule has 0 aliphatic heterocycles. The maximum atomic E-state index is 14.3. The molecule has 0 radical (unpaired) electrons. The highest BCUT2D eigenvalue weighted by molar-refractivity contribution is 5.94. The van der Waals surface area contributed by atoms with Crippen LogP contribution in [0.5, 0.6) is 0 Å². The molecular weight excluding hydrogens is 419 g/mol. The number of hydrogen-bond donors (Lipinski definition) is 2. The number of carbonyl (C=O) groups excluding carboxylic acids is 1. The number of nitrogens with one attached hydrogen (secondary N) is 1. The molecule has 32 heavy (non-hydrogen) atoms. The van der Waals surface area contributed by atoms with Gasteiger partial charge in [0.1, 0.15) is 5.69 Å². The van der Waals surface area contributed by atoms with Gasteiger partial charge < -0.3 is 11.1 Å². The van der Waals surface area contributed by atoms with Gasteiger partial charge in [-0.25, -0.2) is 9.07 Å². The van der Waals surface area contributed by atoms with Gasteiger partial charge in [-0.3, -0.25) is 9.78 Å². The molecule has 4 rings (SSSR count). The van der Waals surface area contributed by atoms with Gasteiger partial charge in [-0.2, -0.15) is 13.9 Å². The first-order valence-corrected chi connectivity index (χ1v) is 10.5.